The van der Waals surface area contributed by atoms with Crippen LogP contribution in [0.4, 0.5) is 0 Å². The highest BCUT2D eigenvalue weighted by Crippen LogP contribution is 2.22. The molecule has 24 heavy (non-hydrogen) atoms. The maximum Gasteiger partial charge on any atom is 0.192 e. The normalized spacial score (nSPS) is 10.6. The van der Waals surface area contributed by atoms with Gasteiger partial charge in [-0.1, -0.05) is 67.6 Å². The molecule has 0 heterocycles. The molecule has 0 amide bonds. The van der Waals surface area contributed by atoms with Gasteiger partial charge in [-0.2, -0.15) is 0 Å². The molecule has 0 saturated carbocycles. The van der Waals surface area contributed by atoms with Crippen molar-refractivity contribution in [3.8, 4) is 16.9 Å². The van der Waals surface area contributed by atoms with E-state index in [1.165, 1.54) is 27.8 Å². The van der Waals surface area contributed by atoms with Gasteiger partial charge in [0.1, 0.15) is 5.75 Å². The van der Waals surface area contributed by atoms with Gasteiger partial charge in [-0.3, -0.25) is 0 Å². The highest BCUT2D eigenvalue weighted by molar-refractivity contribution is 14.1. The molecule has 0 radical (unpaired) electrons. The Morgan fingerprint density at radius 1 is 0.708 bits per heavy atom. The Bertz CT molecular complexity index is 776. The lowest BCUT2D eigenvalue weighted by Gasteiger charge is -2.07. The van der Waals surface area contributed by atoms with Gasteiger partial charge in [0.15, 0.2) is 23.0 Å². The second-order valence-corrected chi connectivity index (χ2v) is 6.41. The van der Waals surface area contributed by atoms with Crippen molar-refractivity contribution in [2.75, 3.05) is 0 Å². The Hall–Kier alpha value is -1.81. The Balaban J connectivity index is 1.65. The number of benzene rings is 3. The molecule has 3 aromatic carbocycles. The van der Waals surface area contributed by atoms with Crippen LogP contribution in [-0.4, -0.2) is 0 Å². The standard InChI is InChI=1S/C22H21IO/c1-2-17-8-12-20(13-9-17)21-14-10-18(11-15-21)6-7-19-4-3-5-22(16-19)24-23/h3-5,8-16H,2,6-7H2,1H3. The Labute approximate surface area is 158 Å². The molecule has 1 nitrogen and oxygen atoms in total. The number of aryl methyl sites for hydroxylation is 3. The molecule has 0 aliphatic rings. The molecule has 2 heteroatoms. The molecule has 0 aliphatic carbocycles. The molecule has 0 fully saturated rings. The summed E-state index contributed by atoms with van der Waals surface area (Å²) in [6.45, 7) is 2.19. The average Bonchev–Trinajstić information content (AvgIpc) is 2.67. The summed E-state index contributed by atoms with van der Waals surface area (Å²) in [5.74, 6) is 0.916. The molecule has 3 aromatic rings. The van der Waals surface area contributed by atoms with E-state index in [0.29, 0.717) is 0 Å². The SMILES string of the molecule is CCc1ccc(-c2ccc(CCc3cccc(OI)c3)cc2)cc1. The van der Waals surface area contributed by atoms with Crippen molar-refractivity contribution in [2.24, 2.45) is 0 Å². The maximum absolute atomic E-state index is 5.26. The van der Waals surface area contributed by atoms with Gasteiger partial charge in [-0.25, -0.2) is 0 Å². The lowest BCUT2D eigenvalue weighted by molar-refractivity contribution is 0.714. The second-order valence-electron chi connectivity index (χ2n) is 5.97. The second kappa shape index (κ2) is 8.34. The molecule has 0 spiro atoms. The van der Waals surface area contributed by atoms with Gasteiger partial charge >= 0.3 is 0 Å². The van der Waals surface area contributed by atoms with Gasteiger partial charge in [-0.15, -0.1) is 0 Å². The third kappa shape index (κ3) is 4.38. The largest absolute Gasteiger partial charge is 0.428 e. The van der Waals surface area contributed by atoms with E-state index >= 15 is 0 Å². The molecule has 0 aromatic heterocycles. The predicted molar refractivity (Wildman–Crippen MR) is 110 cm³/mol. The van der Waals surface area contributed by atoms with Gasteiger partial charge in [-0.05, 0) is 59.2 Å². The third-order valence-electron chi connectivity index (χ3n) is 4.34. The zero-order valence-electron chi connectivity index (χ0n) is 13.8. The minimum absolute atomic E-state index is 0.916. The van der Waals surface area contributed by atoms with Crippen LogP contribution in [0.3, 0.4) is 0 Å². The van der Waals surface area contributed by atoms with Crippen LogP contribution in [0.25, 0.3) is 11.1 Å². The lowest BCUT2D eigenvalue weighted by atomic mass is 9.99. The first-order valence-corrected chi connectivity index (χ1v) is 9.22. The highest BCUT2D eigenvalue weighted by Gasteiger charge is 2.01. The molecule has 122 valence electrons. The number of halogens is 1. The molecule has 3 rings (SSSR count). The summed E-state index contributed by atoms with van der Waals surface area (Å²) in [5, 5.41) is 0. The van der Waals surface area contributed by atoms with E-state index < -0.39 is 0 Å². The van der Waals surface area contributed by atoms with Crippen molar-refractivity contribution >= 4 is 23.0 Å². The summed E-state index contributed by atoms with van der Waals surface area (Å²) >= 11 is 1.92. The van der Waals surface area contributed by atoms with Crippen LogP contribution >= 0.6 is 23.0 Å². The summed E-state index contributed by atoms with van der Waals surface area (Å²) in [5.41, 5.74) is 6.62. The molecule has 0 saturated heterocycles. The molecule has 0 unspecified atom stereocenters. The van der Waals surface area contributed by atoms with E-state index in [1.54, 1.807) is 0 Å². The van der Waals surface area contributed by atoms with Gasteiger partial charge in [0, 0.05) is 0 Å². The number of rotatable bonds is 6. The lowest BCUT2D eigenvalue weighted by Crippen LogP contribution is -1.92. The van der Waals surface area contributed by atoms with E-state index in [2.05, 4.69) is 67.6 Å². The highest BCUT2D eigenvalue weighted by atomic mass is 127. The zero-order valence-corrected chi connectivity index (χ0v) is 16.0. The summed E-state index contributed by atoms with van der Waals surface area (Å²) < 4.78 is 5.26. The van der Waals surface area contributed by atoms with Crippen LogP contribution in [0.1, 0.15) is 23.6 Å². The fourth-order valence-corrected chi connectivity index (χ4v) is 3.11. The smallest absolute Gasteiger partial charge is 0.192 e. The van der Waals surface area contributed by atoms with E-state index in [0.717, 1.165) is 25.0 Å². The first-order chi connectivity index (χ1) is 11.8. The Morgan fingerprint density at radius 2 is 1.29 bits per heavy atom. The van der Waals surface area contributed by atoms with Crippen LogP contribution in [0, 0.1) is 0 Å². The number of hydrogen-bond donors (Lipinski definition) is 0. The van der Waals surface area contributed by atoms with Crippen LogP contribution in [0.2, 0.25) is 0 Å². The van der Waals surface area contributed by atoms with Crippen molar-refractivity contribution in [1.29, 1.82) is 0 Å². The monoisotopic (exact) mass is 428 g/mol. The van der Waals surface area contributed by atoms with Gasteiger partial charge < -0.3 is 3.07 Å². The minimum Gasteiger partial charge on any atom is -0.428 e. The van der Waals surface area contributed by atoms with Crippen LogP contribution in [-0.2, 0) is 19.3 Å². The van der Waals surface area contributed by atoms with Gasteiger partial charge in [0.2, 0.25) is 0 Å². The third-order valence-corrected chi connectivity index (χ3v) is 4.85. The molecule has 0 N–H and O–H groups in total. The first-order valence-electron chi connectivity index (χ1n) is 8.34. The van der Waals surface area contributed by atoms with Crippen molar-refractivity contribution in [3.63, 3.8) is 0 Å². The van der Waals surface area contributed by atoms with Gasteiger partial charge in [0.25, 0.3) is 0 Å². The van der Waals surface area contributed by atoms with E-state index in [1.807, 2.05) is 35.1 Å². The number of hydrogen-bond acceptors (Lipinski definition) is 1. The molecule has 0 atom stereocenters. The Morgan fingerprint density at radius 3 is 1.88 bits per heavy atom. The van der Waals surface area contributed by atoms with Crippen molar-refractivity contribution < 1.29 is 3.07 Å². The quantitative estimate of drug-likeness (QED) is 0.411. The summed E-state index contributed by atoms with van der Waals surface area (Å²) in [7, 11) is 0. The summed E-state index contributed by atoms with van der Waals surface area (Å²) in [6.07, 6.45) is 3.15. The van der Waals surface area contributed by atoms with Crippen LogP contribution in [0.15, 0.2) is 72.8 Å². The molecular weight excluding hydrogens is 407 g/mol. The predicted octanol–water partition coefficient (Wildman–Crippen LogP) is 6.43. The minimum atomic E-state index is 0.916. The fraction of sp³-hybridized carbons (Fsp3) is 0.182. The van der Waals surface area contributed by atoms with E-state index in [9.17, 15) is 0 Å². The average molecular weight is 428 g/mol. The zero-order chi connectivity index (χ0) is 16.8. The van der Waals surface area contributed by atoms with Crippen molar-refractivity contribution in [3.05, 3.63) is 89.5 Å². The molecular formula is C22H21IO. The first kappa shape index (κ1) is 17.0. The molecule has 0 aliphatic heterocycles. The van der Waals surface area contributed by atoms with Crippen LogP contribution in [0.5, 0.6) is 5.75 Å². The topological polar surface area (TPSA) is 9.23 Å². The van der Waals surface area contributed by atoms with Crippen LogP contribution < -0.4 is 3.07 Å². The van der Waals surface area contributed by atoms with E-state index in [-0.39, 0.29) is 0 Å². The van der Waals surface area contributed by atoms with E-state index in [4.69, 9.17) is 3.07 Å². The maximum atomic E-state index is 5.26. The fourth-order valence-electron chi connectivity index (χ4n) is 2.83. The molecule has 0 bridgehead atoms. The van der Waals surface area contributed by atoms with Crippen molar-refractivity contribution in [1.82, 2.24) is 0 Å². The summed E-state index contributed by atoms with van der Waals surface area (Å²) in [4.78, 5) is 0. The summed E-state index contributed by atoms with van der Waals surface area (Å²) in [6, 6.07) is 26.1. The van der Waals surface area contributed by atoms with Crippen molar-refractivity contribution in [2.45, 2.75) is 26.2 Å². The Kier molecular flexibility index (Phi) is 5.91. The van der Waals surface area contributed by atoms with Gasteiger partial charge in [0.05, 0.1) is 0 Å².